The van der Waals surface area contributed by atoms with Crippen molar-refractivity contribution in [1.29, 1.82) is 0 Å². The van der Waals surface area contributed by atoms with Crippen molar-refractivity contribution >= 4 is 5.69 Å². The zero-order valence-corrected chi connectivity index (χ0v) is 12.1. The van der Waals surface area contributed by atoms with Crippen LogP contribution in [0.25, 0.3) is 0 Å². The van der Waals surface area contributed by atoms with Crippen LogP contribution < -0.4 is 5.32 Å². The summed E-state index contributed by atoms with van der Waals surface area (Å²) in [6.45, 7) is 10.0. The molecule has 1 aliphatic carbocycles. The van der Waals surface area contributed by atoms with E-state index in [2.05, 4.69) is 57.3 Å². The van der Waals surface area contributed by atoms with Gasteiger partial charge in [0.05, 0.1) is 0 Å². The molecular formula is C17H25N. The minimum absolute atomic E-state index is 0.740. The molecule has 0 bridgehead atoms. The van der Waals surface area contributed by atoms with Crippen LogP contribution in [0, 0.1) is 25.7 Å². The first-order chi connectivity index (χ1) is 8.54. The summed E-state index contributed by atoms with van der Waals surface area (Å²) in [5, 5.41) is 3.62. The predicted molar refractivity (Wildman–Crippen MR) is 80.1 cm³/mol. The summed E-state index contributed by atoms with van der Waals surface area (Å²) in [4.78, 5) is 0. The molecule has 0 spiro atoms. The molecule has 0 aromatic heterocycles. The lowest BCUT2D eigenvalue weighted by Crippen LogP contribution is -2.20. The summed E-state index contributed by atoms with van der Waals surface area (Å²) in [5.41, 5.74) is 5.54. The summed E-state index contributed by atoms with van der Waals surface area (Å²) in [5.74, 6) is 1.52. The van der Waals surface area contributed by atoms with Gasteiger partial charge in [-0.1, -0.05) is 36.3 Å². The van der Waals surface area contributed by atoms with E-state index in [0.717, 1.165) is 18.4 Å². The van der Waals surface area contributed by atoms with Gasteiger partial charge < -0.3 is 5.32 Å². The van der Waals surface area contributed by atoms with E-state index >= 15 is 0 Å². The molecule has 0 aliphatic heterocycles. The molecule has 1 aliphatic rings. The van der Waals surface area contributed by atoms with Crippen molar-refractivity contribution in [2.24, 2.45) is 11.8 Å². The van der Waals surface area contributed by atoms with E-state index in [1.54, 1.807) is 5.57 Å². The Hall–Kier alpha value is -1.24. The van der Waals surface area contributed by atoms with E-state index in [1.807, 2.05) is 0 Å². The molecule has 0 fully saturated rings. The van der Waals surface area contributed by atoms with Crippen LogP contribution >= 0.6 is 0 Å². The van der Waals surface area contributed by atoms with Crippen molar-refractivity contribution in [3.05, 3.63) is 41.0 Å². The quantitative estimate of drug-likeness (QED) is 0.758. The molecule has 1 aromatic rings. The van der Waals surface area contributed by atoms with Crippen LogP contribution in [0.4, 0.5) is 5.69 Å². The van der Waals surface area contributed by atoms with Gasteiger partial charge in [-0.2, -0.15) is 0 Å². The Bertz CT molecular complexity index is 445. The predicted octanol–water partition coefficient (Wildman–Crippen LogP) is 4.71. The average molecular weight is 243 g/mol. The van der Waals surface area contributed by atoms with Gasteiger partial charge in [0.1, 0.15) is 0 Å². The van der Waals surface area contributed by atoms with Gasteiger partial charge in [0, 0.05) is 12.2 Å². The van der Waals surface area contributed by atoms with Gasteiger partial charge in [-0.25, -0.2) is 0 Å². The fourth-order valence-corrected chi connectivity index (χ4v) is 3.11. The van der Waals surface area contributed by atoms with E-state index in [1.165, 1.54) is 29.7 Å². The molecule has 0 saturated heterocycles. The topological polar surface area (TPSA) is 12.0 Å². The van der Waals surface area contributed by atoms with Crippen molar-refractivity contribution in [3.8, 4) is 0 Å². The zero-order valence-electron chi connectivity index (χ0n) is 12.1. The minimum Gasteiger partial charge on any atom is -0.385 e. The Morgan fingerprint density at radius 3 is 2.67 bits per heavy atom. The molecule has 1 nitrogen and oxygen atoms in total. The van der Waals surface area contributed by atoms with Gasteiger partial charge >= 0.3 is 0 Å². The molecule has 1 aromatic carbocycles. The van der Waals surface area contributed by atoms with E-state index in [9.17, 15) is 0 Å². The first-order valence-corrected chi connectivity index (χ1v) is 7.03. The van der Waals surface area contributed by atoms with Crippen molar-refractivity contribution in [2.75, 3.05) is 11.9 Å². The number of hydrogen-bond acceptors (Lipinski definition) is 1. The molecule has 18 heavy (non-hydrogen) atoms. The first-order valence-electron chi connectivity index (χ1n) is 7.03. The number of anilines is 1. The van der Waals surface area contributed by atoms with Crippen LogP contribution in [0.3, 0.4) is 0 Å². The lowest BCUT2D eigenvalue weighted by molar-refractivity contribution is 0.421. The van der Waals surface area contributed by atoms with Crippen molar-refractivity contribution in [3.63, 3.8) is 0 Å². The monoisotopic (exact) mass is 243 g/mol. The van der Waals surface area contributed by atoms with Crippen LogP contribution in [-0.2, 0) is 0 Å². The van der Waals surface area contributed by atoms with Crippen LogP contribution in [-0.4, -0.2) is 6.54 Å². The van der Waals surface area contributed by atoms with Gasteiger partial charge in [-0.3, -0.25) is 0 Å². The van der Waals surface area contributed by atoms with Crippen molar-refractivity contribution in [1.82, 2.24) is 0 Å². The normalized spacial score (nSPS) is 23.7. The second-order valence-electron chi connectivity index (χ2n) is 6.00. The highest BCUT2D eigenvalue weighted by atomic mass is 14.9. The molecule has 1 heteroatoms. The fraction of sp³-hybridized carbons (Fsp3) is 0.529. The summed E-state index contributed by atoms with van der Waals surface area (Å²) in [7, 11) is 0. The molecule has 2 unspecified atom stereocenters. The number of benzene rings is 1. The molecule has 0 saturated carbocycles. The maximum absolute atomic E-state index is 3.62. The third kappa shape index (κ3) is 3.38. The number of rotatable bonds is 3. The standard InChI is InChI=1S/C17H25N/c1-12-5-6-17(15(4)8-12)18-11-16-9-13(2)7-14(3)10-16/h5-8,13,16,18H,9-11H2,1-4H3. The fourth-order valence-electron chi connectivity index (χ4n) is 3.11. The second kappa shape index (κ2) is 5.60. The molecule has 2 atom stereocenters. The van der Waals surface area contributed by atoms with E-state index in [4.69, 9.17) is 0 Å². The van der Waals surface area contributed by atoms with Crippen molar-refractivity contribution in [2.45, 2.75) is 40.5 Å². The molecular weight excluding hydrogens is 218 g/mol. The van der Waals surface area contributed by atoms with Gasteiger partial charge in [0.15, 0.2) is 0 Å². The summed E-state index contributed by atoms with van der Waals surface area (Å²) < 4.78 is 0. The Balaban J connectivity index is 1.94. The lowest BCUT2D eigenvalue weighted by Gasteiger charge is -2.26. The maximum atomic E-state index is 3.62. The second-order valence-corrected chi connectivity index (χ2v) is 6.00. The Kier molecular flexibility index (Phi) is 4.11. The number of hydrogen-bond donors (Lipinski definition) is 1. The minimum atomic E-state index is 0.740. The van der Waals surface area contributed by atoms with Crippen LogP contribution in [0.5, 0.6) is 0 Å². The lowest BCUT2D eigenvalue weighted by atomic mass is 9.83. The highest BCUT2D eigenvalue weighted by Crippen LogP contribution is 2.28. The Labute approximate surface area is 111 Å². The zero-order chi connectivity index (χ0) is 13.1. The molecule has 1 N–H and O–H groups in total. The maximum Gasteiger partial charge on any atom is 0.0370 e. The van der Waals surface area contributed by atoms with E-state index in [0.29, 0.717) is 0 Å². The van der Waals surface area contributed by atoms with Gasteiger partial charge in [0.2, 0.25) is 0 Å². The molecule has 98 valence electrons. The van der Waals surface area contributed by atoms with Gasteiger partial charge in [-0.15, -0.1) is 0 Å². The smallest absolute Gasteiger partial charge is 0.0370 e. The van der Waals surface area contributed by atoms with Crippen molar-refractivity contribution < 1.29 is 0 Å². The number of nitrogens with one attached hydrogen (secondary N) is 1. The van der Waals surface area contributed by atoms with E-state index in [-0.39, 0.29) is 0 Å². The van der Waals surface area contributed by atoms with Gasteiger partial charge in [-0.05, 0) is 57.1 Å². The number of allylic oxidation sites excluding steroid dienone is 2. The van der Waals surface area contributed by atoms with Crippen LogP contribution in [0.15, 0.2) is 29.8 Å². The summed E-state index contributed by atoms with van der Waals surface area (Å²) in [6, 6.07) is 6.64. The Morgan fingerprint density at radius 1 is 1.22 bits per heavy atom. The third-order valence-corrected chi connectivity index (χ3v) is 3.85. The highest BCUT2D eigenvalue weighted by molar-refractivity contribution is 5.51. The Morgan fingerprint density at radius 2 is 2.00 bits per heavy atom. The SMILES string of the molecule is CC1=CC(C)CC(CNc2ccc(C)cc2C)C1. The molecule has 2 rings (SSSR count). The molecule has 0 heterocycles. The van der Waals surface area contributed by atoms with Crippen LogP contribution in [0.1, 0.15) is 37.8 Å². The first kappa shape index (κ1) is 13.2. The van der Waals surface area contributed by atoms with Gasteiger partial charge in [0.25, 0.3) is 0 Å². The third-order valence-electron chi connectivity index (χ3n) is 3.85. The molecule has 0 amide bonds. The molecule has 0 radical (unpaired) electrons. The number of aryl methyl sites for hydroxylation is 2. The summed E-state index contributed by atoms with van der Waals surface area (Å²) >= 11 is 0. The largest absolute Gasteiger partial charge is 0.385 e. The highest BCUT2D eigenvalue weighted by Gasteiger charge is 2.17. The van der Waals surface area contributed by atoms with E-state index < -0.39 is 0 Å². The summed E-state index contributed by atoms with van der Waals surface area (Å²) in [6.07, 6.45) is 4.99. The average Bonchev–Trinajstić information content (AvgIpc) is 2.26. The van der Waals surface area contributed by atoms with Crippen LogP contribution in [0.2, 0.25) is 0 Å².